The van der Waals surface area contributed by atoms with Crippen LogP contribution < -0.4 is 10.6 Å². The summed E-state index contributed by atoms with van der Waals surface area (Å²) in [6.45, 7) is 2.06. The topological polar surface area (TPSA) is 87.1 Å². The number of carboxylic acid groups (broad SMARTS) is 1. The average molecular weight is 330 g/mol. The Hall–Kier alpha value is -1.95. The van der Waals surface area contributed by atoms with Gasteiger partial charge in [-0.05, 0) is 44.2 Å². The molecule has 0 amide bonds. The van der Waals surface area contributed by atoms with E-state index in [1.807, 2.05) is 0 Å². The lowest BCUT2D eigenvalue weighted by molar-refractivity contribution is -0.131. The lowest BCUT2D eigenvalue weighted by Gasteiger charge is -2.46. The normalized spacial score (nSPS) is 25.7. The van der Waals surface area contributed by atoms with Gasteiger partial charge in [-0.3, -0.25) is 4.98 Å². The highest BCUT2D eigenvalue weighted by Crippen LogP contribution is 2.38. The molecule has 24 heavy (non-hydrogen) atoms. The molecule has 6 nitrogen and oxygen atoms in total. The average Bonchev–Trinajstić information content (AvgIpc) is 2.63. The van der Waals surface area contributed by atoms with E-state index in [1.54, 1.807) is 12.4 Å². The Morgan fingerprint density at radius 3 is 2.71 bits per heavy atom. The van der Waals surface area contributed by atoms with Crippen molar-refractivity contribution < 1.29 is 9.90 Å². The van der Waals surface area contributed by atoms with E-state index >= 15 is 0 Å². The number of aromatic nitrogens is 2. The number of hydrogen-bond donors (Lipinski definition) is 3. The summed E-state index contributed by atoms with van der Waals surface area (Å²) in [7, 11) is 0. The maximum absolute atomic E-state index is 10.6. The molecule has 2 aliphatic rings. The molecular formula is C18H26N4O2. The molecule has 1 aromatic rings. The number of piperidine rings is 1. The molecule has 1 aliphatic heterocycles. The fourth-order valence-electron chi connectivity index (χ4n) is 4.04. The number of aliphatic carboxylic acids is 1. The number of carboxylic acids is 1. The maximum Gasteiger partial charge on any atom is 0.328 e. The van der Waals surface area contributed by atoms with E-state index in [1.165, 1.54) is 44.6 Å². The molecule has 1 atom stereocenters. The Morgan fingerprint density at radius 2 is 2.08 bits per heavy atom. The van der Waals surface area contributed by atoms with Crippen LogP contribution in [0.15, 0.2) is 18.5 Å². The summed E-state index contributed by atoms with van der Waals surface area (Å²) in [5.41, 5.74) is 0.614. The van der Waals surface area contributed by atoms with Crippen molar-refractivity contribution in [3.8, 4) is 0 Å². The highest BCUT2D eigenvalue weighted by atomic mass is 16.4. The van der Waals surface area contributed by atoms with E-state index in [-0.39, 0.29) is 5.54 Å². The highest BCUT2D eigenvalue weighted by molar-refractivity contribution is 5.84. The predicted octanol–water partition coefficient (Wildman–Crippen LogP) is 2.69. The van der Waals surface area contributed by atoms with E-state index in [0.29, 0.717) is 11.6 Å². The molecule has 0 spiro atoms. The zero-order chi connectivity index (χ0) is 16.8. The summed E-state index contributed by atoms with van der Waals surface area (Å²) >= 11 is 0. The third-order valence-electron chi connectivity index (χ3n) is 5.25. The zero-order valence-corrected chi connectivity index (χ0v) is 14.0. The van der Waals surface area contributed by atoms with Crippen molar-refractivity contribution >= 4 is 17.9 Å². The smallest absolute Gasteiger partial charge is 0.328 e. The van der Waals surface area contributed by atoms with Crippen LogP contribution in [0, 0.1) is 5.92 Å². The van der Waals surface area contributed by atoms with E-state index in [0.717, 1.165) is 31.4 Å². The highest BCUT2D eigenvalue weighted by Gasteiger charge is 2.40. The number of carbonyl (C=O) groups is 1. The van der Waals surface area contributed by atoms with Crippen LogP contribution in [0.4, 0.5) is 5.82 Å². The Morgan fingerprint density at radius 1 is 1.25 bits per heavy atom. The number of nitrogens with zero attached hydrogens (tertiary/aromatic N) is 2. The van der Waals surface area contributed by atoms with Crippen LogP contribution in [0.3, 0.4) is 0 Å². The molecule has 130 valence electrons. The Bertz CT molecular complexity index is 573. The summed E-state index contributed by atoms with van der Waals surface area (Å²) in [5.74, 6) is 0.465. The van der Waals surface area contributed by atoms with Gasteiger partial charge in [-0.2, -0.15) is 0 Å². The second-order valence-corrected chi connectivity index (χ2v) is 6.89. The molecular weight excluding hydrogens is 304 g/mol. The standard InChI is InChI=1S/C18H26N4O2/c23-17(24)8-7-15-11-21-16(12-20-15)22-18(9-4-10-19-13-18)14-5-2-1-3-6-14/h7-8,11-12,14,19H,1-6,9-10,13H2,(H,21,22)(H,23,24)/t18-/m0/s1. The van der Waals surface area contributed by atoms with E-state index < -0.39 is 5.97 Å². The Labute approximate surface area is 142 Å². The zero-order valence-electron chi connectivity index (χ0n) is 14.0. The number of nitrogens with one attached hydrogen (secondary N) is 2. The van der Waals surface area contributed by atoms with Gasteiger partial charge in [0, 0.05) is 12.6 Å². The monoisotopic (exact) mass is 330 g/mol. The van der Waals surface area contributed by atoms with Gasteiger partial charge in [0.15, 0.2) is 0 Å². The van der Waals surface area contributed by atoms with Crippen LogP contribution in [0.2, 0.25) is 0 Å². The van der Waals surface area contributed by atoms with Gasteiger partial charge in [0.1, 0.15) is 5.82 Å². The minimum absolute atomic E-state index is 0.0613. The van der Waals surface area contributed by atoms with Gasteiger partial charge >= 0.3 is 5.97 Å². The van der Waals surface area contributed by atoms with E-state index in [4.69, 9.17) is 5.11 Å². The molecule has 3 N–H and O–H groups in total. The number of rotatable bonds is 5. The SMILES string of the molecule is O=C(O)C=Cc1cnc(N[C@@]2(C3CCCCC3)CCCNC2)cn1. The molecule has 1 saturated heterocycles. The van der Waals surface area contributed by atoms with Crippen LogP contribution in [-0.2, 0) is 4.79 Å². The first-order chi connectivity index (χ1) is 11.7. The first kappa shape index (κ1) is 16.9. The minimum atomic E-state index is -0.983. The first-order valence-corrected chi connectivity index (χ1v) is 8.90. The molecule has 2 fully saturated rings. The van der Waals surface area contributed by atoms with Gasteiger partial charge in [-0.15, -0.1) is 0 Å². The minimum Gasteiger partial charge on any atom is -0.478 e. The van der Waals surface area contributed by atoms with Crippen LogP contribution in [0.25, 0.3) is 6.08 Å². The van der Waals surface area contributed by atoms with Gasteiger partial charge in [0.2, 0.25) is 0 Å². The summed E-state index contributed by atoms with van der Waals surface area (Å²) < 4.78 is 0. The van der Waals surface area contributed by atoms with Crippen molar-refractivity contribution in [2.24, 2.45) is 5.92 Å². The molecule has 0 unspecified atom stereocenters. The lowest BCUT2D eigenvalue weighted by Crippen LogP contribution is -2.56. The summed E-state index contributed by atoms with van der Waals surface area (Å²) in [4.78, 5) is 19.3. The number of anilines is 1. The maximum atomic E-state index is 10.6. The molecule has 3 rings (SSSR count). The van der Waals surface area contributed by atoms with Crippen molar-refractivity contribution in [1.29, 1.82) is 0 Å². The lowest BCUT2D eigenvalue weighted by atomic mass is 9.71. The van der Waals surface area contributed by atoms with Crippen LogP contribution >= 0.6 is 0 Å². The van der Waals surface area contributed by atoms with Crippen molar-refractivity contribution in [1.82, 2.24) is 15.3 Å². The predicted molar refractivity (Wildman–Crippen MR) is 93.7 cm³/mol. The molecule has 1 aliphatic carbocycles. The molecule has 6 heteroatoms. The Balaban J connectivity index is 1.73. The van der Waals surface area contributed by atoms with Gasteiger partial charge in [0.05, 0.1) is 23.6 Å². The third-order valence-corrected chi connectivity index (χ3v) is 5.25. The fourth-order valence-corrected chi connectivity index (χ4v) is 4.04. The molecule has 0 radical (unpaired) electrons. The van der Waals surface area contributed by atoms with Crippen molar-refractivity contribution in [2.75, 3.05) is 18.4 Å². The van der Waals surface area contributed by atoms with Gasteiger partial charge in [0.25, 0.3) is 0 Å². The quantitative estimate of drug-likeness (QED) is 0.720. The van der Waals surface area contributed by atoms with Gasteiger partial charge in [-0.1, -0.05) is 19.3 Å². The van der Waals surface area contributed by atoms with Gasteiger partial charge in [-0.25, -0.2) is 9.78 Å². The summed E-state index contributed by atoms with van der Waals surface area (Å²) in [5, 5.41) is 15.9. The Kier molecular flexibility index (Phi) is 5.45. The molecule has 2 heterocycles. The van der Waals surface area contributed by atoms with Crippen molar-refractivity contribution in [3.63, 3.8) is 0 Å². The largest absolute Gasteiger partial charge is 0.478 e. The third kappa shape index (κ3) is 4.12. The van der Waals surface area contributed by atoms with Crippen LogP contribution in [0.5, 0.6) is 0 Å². The second kappa shape index (κ2) is 7.75. The van der Waals surface area contributed by atoms with E-state index in [2.05, 4.69) is 20.6 Å². The summed E-state index contributed by atoms with van der Waals surface area (Å²) in [6.07, 6.45) is 14.7. The van der Waals surface area contributed by atoms with Gasteiger partial charge < -0.3 is 15.7 Å². The van der Waals surface area contributed by atoms with Crippen LogP contribution in [-0.4, -0.2) is 39.7 Å². The first-order valence-electron chi connectivity index (χ1n) is 8.90. The second-order valence-electron chi connectivity index (χ2n) is 6.89. The fraction of sp³-hybridized carbons (Fsp3) is 0.611. The van der Waals surface area contributed by atoms with E-state index in [9.17, 15) is 4.79 Å². The van der Waals surface area contributed by atoms with Crippen LogP contribution in [0.1, 0.15) is 50.6 Å². The van der Waals surface area contributed by atoms with Crippen molar-refractivity contribution in [3.05, 3.63) is 24.2 Å². The molecule has 1 aromatic heterocycles. The molecule has 0 bridgehead atoms. The molecule has 1 saturated carbocycles. The van der Waals surface area contributed by atoms with Crippen molar-refractivity contribution in [2.45, 2.75) is 50.5 Å². The summed E-state index contributed by atoms with van der Waals surface area (Å²) in [6, 6.07) is 0. The number of hydrogen-bond acceptors (Lipinski definition) is 5. The molecule has 0 aromatic carbocycles.